The van der Waals surface area contributed by atoms with Crippen LogP contribution >= 0.6 is 0 Å². The first-order valence-electron chi connectivity index (χ1n) is 7.09. The summed E-state index contributed by atoms with van der Waals surface area (Å²) in [6.07, 6.45) is 0. The molecule has 0 atom stereocenters. The number of aliphatic hydroxyl groups is 1. The third-order valence-corrected chi connectivity index (χ3v) is 3.50. The van der Waals surface area contributed by atoms with Crippen LogP contribution in [0.2, 0.25) is 0 Å². The van der Waals surface area contributed by atoms with Gasteiger partial charge in [0.15, 0.2) is 0 Å². The second kappa shape index (κ2) is 6.48. The van der Waals surface area contributed by atoms with E-state index in [2.05, 4.69) is 28.5 Å². The Labute approximate surface area is 124 Å². The molecular weight excluding hydrogens is 260 g/mol. The summed E-state index contributed by atoms with van der Waals surface area (Å²) in [6.45, 7) is 1.63. The van der Waals surface area contributed by atoms with Gasteiger partial charge in [-0.2, -0.15) is 0 Å². The van der Waals surface area contributed by atoms with Crippen molar-refractivity contribution in [2.24, 2.45) is 0 Å². The van der Waals surface area contributed by atoms with Crippen LogP contribution in [0.3, 0.4) is 0 Å². The zero-order valence-electron chi connectivity index (χ0n) is 11.8. The second-order valence-electron chi connectivity index (χ2n) is 5.07. The molecule has 0 aliphatic rings. The van der Waals surface area contributed by atoms with Gasteiger partial charge in [-0.1, -0.05) is 48.5 Å². The molecule has 2 N–H and O–H groups in total. The number of fused-ring (bicyclic) bond motifs is 1. The number of para-hydroxylation sites is 1. The fourth-order valence-electron chi connectivity index (χ4n) is 2.30. The Hall–Kier alpha value is -2.23. The SMILES string of the molecule is OCc1ccc(CNCc2ccc3ccccc3n2)cc1. The molecule has 0 amide bonds. The Morgan fingerprint density at radius 1 is 0.810 bits per heavy atom. The Bertz CT molecular complexity index is 723. The number of hydrogen-bond donors (Lipinski definition) is 2. The van der Waals surface area contributed by atoms with E-state index in [1.165, 1.54) is 10.9 Å². The first-order chi connectivity index (χ1) is 10.3. The highest BCUT2D eigenvalue weighted by Gasteiger charge is 1.99. The van der Waals surface area contributed by atoms with Crippen LogP contribution in [-0.2, 0) is 19.7 Å². The molecule has 106 valence electrons. The molecule has 0 saturated heterocycles. The summed E-state index contributed by atoms with van der Waals surface area (Å²) in [6, 6.07) is 20.3. The minimum Gasteiger partial charge on any atom is -0.392 e. The van der Waals surface area contributed by atoms with Gasteiger partial charge < -0.3 is 10.4 Å². The monoisotopic (exact) mass is 278 g/mol. The van der Waals surface area contributed by atoms with Crippen molar-refractivity contribution in [3.63, 3.8) is 0 Å². The lowest BCUT2D eigenvalue weighted by Crippen LogP contribution is -2.13. The van der Waals surface area contributed by atoms with E-state index in [-0.39, 0.29) is 6.61 Å². The Balaban J connectivity index is 1.60. The summed E-state index contributed by atoms with van der Waals surface area (Å²) in [5.41, 5.74) is 4.22. The number of aliphatic hydroxyl groups excluding tert-OH is 1. The van der Waals surface area contributed by atoms with Gasteiger partial charge in [0.1, 0.15) is 0 Å². The van der Waals surface area contributed by atoms with Crippen LogP contribution in [0, 0.1) is 0 Å². The minimum atomic E-state index is 0.0920. The van der Waals surface area contributed by atoms with Gasteiger partial charge in [0.05, 0.1) is 17.8 Å². The van der Waals surface area contributed by atoms with Crippen molar-refractivity contribution in [2.75, 3.05) is 0 Å². The van der Waals surface area contributed by atoms with Gasteiger partial charge in [-0.05, 0) is 23.3 Å². The highest BCUT2D eigenvalue weighted by atomic mass is 16.3. The molecule has 1 heterocycles. The molecule has 0 bridgehead atoms. The van der Waals surface area contributed by atoms with Crippen LogP contribution in [0.5, 0.6) is 0 Å². The first kappa shape index (κ1) is 13.7. The quantitative estimate of drug-likeness (QED) is 0.754. The summed E-state index contributed by atoms with van der Waals surface area (Å²) < 4.78 is 0. The summed E-state index contributed by atoms with van der Waals surface area (Å²) in [4.78, 5) is 4.64. The number of nitrogens with one attached hydrogen (secondary N) is 1. The van der Waals surface area contributed by atoms with Gasteiger partial charge in [-0.3, -0.25) is 4.98 Å². The Morgan fingerprint density at radius 3 is 2.38 bits per heavy atom. The maximum absolute atomic E-state index is 9.02. The molecule has 21 heavy (non-hydrogen) atoms. The average Bonchev–Trinajstić information content (AvgIpc) is 2.55. The van der Waals surface area contributed by atoms with Gasteiger partial charge in [0.2, 0.25) is 0 Å². The topological polar surface area (TPSA) is 45.1 Å². The number of benzene rings is 2. The molecule has 0 saturated carbocycles. The van der Waals surface area contributed by atoms with Gasteiger partial charge >= 0.3 is 0 Å². The normalized spacial score (nSPS) is 10.9. The Morgan fingerprint density at radius 2 is 1.57 bits per heavy atom. The third kappa shape index (κ3) is 3.45. The number of rotatable bonds is 5. The maximum atomic E-state index is 9.02. The minimum absolute atomic E-state index is 0.0920. The van der Waals surface area contributed by atoms with Crippen LogP contribution in [0.25, 0.3) is 10.9 Å². The van der Waals surface area contributed by atoms with Crippen molar-refractivity contribution in [3.8, 4) is 0 Å². The van der Waals surface area contributed by atoms with Crippen molar-refractivity contribution in [1.29, 1.82) is 0 Å². The maximum Gasteiger partial charge on any atom is 0.0705 e. The fourth-order valence-corrected chi connectivity index (χ4v) is 2.30. The lowest BCUT2D eigenvalue weighted by atomic mass is 10.1. The molecule has 0 radical (unpaired) electrons. The summed E-state index contributed by atoms with van der Waals surface area (Å²) >= 11 is 0. The molecule has 0 spiro atoms. The van der Waals surface area contributed by atoms with E-state index in [1.807, 2.05) is 42.5 Å². The predicted molar refractivity (Wildman–Crippen MR) is 84.7 cm³/mol. The van der Waals surface area contributed by atoms with Crippen molar-refractivity contribution < 1.29 is 5.11 Å². The van der Waals surface area contributed by atoms with E-state index in [0.717, 1.165) is 29.9 Å². The Kier molecular flexibility index (Phi) is 4.24. The summed E-state index contributed by atoms with van der Waals surface area (Å²) in [5, 5.41) is 13.6. The number of aromatic nitrogens is 1. The van der Waals surface area contributed by atoms with Crippen molar-refractivity contribution in [3.05, 3.63) is 77.5 Å². The van der Waals surface area contributed by atoms with E-state index in [9.17, 15) is 0 Å². The first-order valence-corrected chi connectivity index (χ1v) is 7.09. The average molecular weight is 278 g/mol. The van der Waals surface area contributed by atoms with Gasteiger partial charge in [0.25, 0.3) is 0 Å². The van der Waals surface area contributed by atoms with E-state index < -0.39 is 0 Å². The van der Waals surface area contributed by atoms with E-state index in [1.54, 1.807) is 0 Å². The van der Waals surface area contributed by atoms with Gasteiger partial charge in [-0.15, -0.1) is 0 Å². The van der Waals surface area contributed by atoms with Crippen LogP contribution < -0.4 is 5.32 Å². The second-order valence-corrected chi connectivity index (χ2v) is 5.07. The fraction of sp³-hybridized carbons (Fsp3) is 0.167. The van der Waals surface area contributed by atoms with E-state index in [0.29, 0.717) is 0 Å². The standard InChI is InChI=1S/C18H18N2O/c21-13-15-7-5-14(6-8-15)11-19-12-17-10-9-16-3-1-2-4-18(16)20-17/h1-10,19,21H,11-13H2. The third-order valence-electron chi connectivity index (χ3n) is 3.50. The molecular formula is C18H18N2O. The molecule has 1 aromatic heterocycles. The smallest absolute Gasteiger partial charge is 0.0705 e. The van der Waals surface area contributed by atoms with Crippen LogP contribution in [0.1, 0.15) is 16.8 Å². The van der Waals surface area contributed by atoms with E-state index in [4.69, 9.17) is 5.11 Å². The number of hydrogen-bond acceptors (Lipinski definition) is 3. The zero-order chi connectivity index (χ0) is 14.5. The van der Waals surface area contributed by atoms with E-state index >= 15 is 0 Å². The molecule has 3 rings (SSSR count). The largest absolute Gasteiger partial charge is 0.392 e. The molecule has 0 fully saturated rings. The molecule has 2 aromatic carbocycles. The van der Waals surface area contributed by atoms with Crippen LogP contribution in [-0.4, -0.2) is 10.1 Å². The summed E-state index contributed by atoms with van der Waals surface area (Å²) in [5.74, 6) is 0. The molecule has 3 aromatic rings. The van der Waals surface area contributed by atoms with Crippen LogP contribution in [0.4, 0.5) is 0 Å². The highest BCUT2D eigenvalue weighted by molar-refractivity contribution is 5.78. The molecule has 0 aliphatic carbocycles. The number of pyridine rings is 1. The molecule has 0 unspecified atom stereocenters. The number of nitrogens with zero attached hydrogens (tertiary/aromatic N) is 1. The molecule has 3 heteroatoms. The molecule has 0 aliphatic heterocycles. The lowest BCUT2D eigenvalue weighted by Gasteiger charge is -2.06. The van der Waals surface area contributed by atoms with Crippen molar-refractivity contribution >= 4 is 10.9 Å². The van der Waals surface area contributed by atoms with Crippen molar-refractivity contribution in [2.45, 2.75) is 19.7 Å². The van der Waals surface area contributed by atoms with Gasteiger partial charge in [-0.25, -0.2) is 0 Å². The highest BCUT2D eigenvalue weighted by Crippen LogP contribution is 2.11. The van der Waals surface area contributed by atoms with Crippen LogP contribution in [0.15, 0.2) is 60.7 Å². The summed E-state index contributed by atoms with van der Waals surface area (Å²) in [7, 11) is 0. The predicted octanol–water partition coefficient (Wildman–Crippen LogP) is 3.02. The lowest BCUT2D eigenvalue weighted by molar-refractivity contribution is 0.282. The van der Waals surface area contributed by atoms with Gasteiger partial charge in [0, 0.05) is 18.5 Å². The zero-order valence-corrected chi connectivity index (χ0v) is 11.8. The molecule has 3 nitrogen and oxygen atoms in total. The van der Waals surface area contributed by atoms with Crippen molar-refractivity contribution in [1.82, 2.24) is 10.3 Å².